The van der Waals surface area contributed by atoms with E-state index in [-0.39, 0.29) is 0 Å². The zero-order valence-electron chi connectivity index (χ0n) is 9.74. The van der Waals surface area contributed by atoms with Gasteiger partial charge in [0, 0.05) is 0 Å². The van der Waals surface area contributed by atoms with E-state index in [1.807, 2.05) is 0 Å². The highest BCUT2D eigenvalue weighted by atomic mass is 16.1. The smallest absolute Gasteiger partial charge is 0.145 e. The van der Waals surface area contributed by atoms with Crippen LogP contribution in [0.15, 0.2) is 23.8 Å². The lowest BCUT2D eigenvalue weighted by molar-refractivity contribution is -0.105. The van der Waals surface area contributed by atoms with Gasteiger partial charge in [0.1, 0.15) is 6.29 Å². The van der Waals surface area contributed by atoms with E-state index in [0.717, 1.165) is 31.1 Å². The van der Waals surface area contributed by atoms with Crippen LogP contribution in [-0.4, -0.2) is 6.29 Å². The van der Waals surface area contributed by atoms with E-state index in [4.69, 9.17) is 0 Å². The van der Waals surface area contributed by atoms with Crippen molar-refractivity contribution in [1.82, 2.24) is 0 Å². The third kappa shape index (κ3) is 4.96. The predicted octanol–water partition coefficient (Wildman–Crippen LogP) is 4.05. The Balaban J connectivity index is 2.38. The third-order valence-corrected chi connectivity index (χ3v) is 2.98. The van der Waals surface area contributed by atoms with Crippen molar-refractivity contribution >= 4 is 6.29 Å². The quantitative estimate of drug-likeness (QED) is 0.277. The standard InChI is InChI=1S/C14H22O/c1-2-3-5-10-14(12-15)11-13-8-6-4-7-9-13/h4,6,11-13H,2-3,5,7-10H2,1H3/b14-11+. The Morgan fingerprint density at radius 1 is 1.40 bits per heavy atom. The van der Waals surface area contributed by atoms with Gasteiger partial charge in [0.2, 0.25) is 0 Å². The van der Waals surface area contributed by atoms with Crippen LogP contribution in [0.5, 0.6) is 0 Å². The molecule has 0 aromatic carbocycles. The zero-order valence-corrected chi connectivity index (χ0v) is 9.74. The number of allylic oxidation sites excluding steroid dienone is 4. The van der Waals surface area contributed by atoms with Crippen LogP contribution in [0.3, 0.4) is 0 Å². The van der Waals surface area contributed by atoms with E-state index in [1.54, 1.807) is 0 Å². The van der Waals surface area contributed by atoms with Crippen LogP contribution in [0.4, 0.5) is 0 Å². The first kappa shape index (κ1) is 12.2. The maximum absolute atomic E-state index is 10.9. The summed E-state index contributed by atoms with van der Waals surface area (Å²) in [5, 5.41) is 0. The highest BCUT2D eigenvalue weighted by Crippen LogP contribution is 2.21. The Kier molecular flexibility index (Phi) is 6.06. The monoisotopic (exact) mass is 206 g/mol. The molecular formula is C14H22O. The summed E-state index contributed by atoms with van der Waals surface area (Å²) in [6.07, 6.45) is 15.8. The Bertz CT molecular complexity index is 238. The minimum atomic E-state index is 0.608. The van der Waals surface area contributed by atoms with Gasteiger partial charge in [-0.05, 0) is 43.6 Å². The first-order chi connectivity index (χ1) is 7.36. The minimum absolute atomic E-state index is 0.608. The molecule has 0 radical (unpaired) electrons. The Morgan fingerprint density at radius 3 is 2.87 bits per heavy atom. The first-order valence-corrected chi connectivity index (χ1v) is 6.17. The summed E-state index contributed by atoms with van der Waals surface area (Å²) in [5.74, 6) is 0.608. The van der Waals surface area contributed by atoms with Crippen molar-refractivity contribution in [1.29, 1.82) is 0 Å². The van der Waals surface area contributed by atoms with Crippen LogP contribution in [-0.2, 0) is 4.79 Å². The second-order valence-corrected chi connectivity index (χ2v) is 4.36. The molecule has 1 aliphatic rings. The van der Waals surface area contributed by atoms with Gasteiger partial charge in [-0.15, -0.1) is 0 Å². The molecule has 84 valence electrons. The Labute approximate surface area is 93.3 Å². The van der Waals surface area contributed by atoms with E-state index in [0.29, 0.717) is 5.92 Å². The van der Waals surface area contributed by atoms with E-state index in [1.165, 1.54) is 25.7 Å². The maximum atomic E-state index is 10.9. The van der Waals surface area contributed by atoms with Crippen LogP contribution in [0, 0.1) is 5.92 Å². The molecule has 0 aliphatic heterocycles. The Hall–Kier alpha value is -0.850. The lowest BCUT2D eigenvalue weighted by atomic mass is 9.91. The van der Waals surface area contributed by atoms with Crippen LogP contribution in [0.25, 0.3) is 0 Å². The SMILES string of the molecule is CCCCC/C(C=O)=C\C1CC=CCC1. The summed E-state index contributed by atoms with van der Waals surface area (Å²) in [7, 11) is 0. The normalized spacial score (nSPS) is 21.7. The summed E-state index contributed by atoms with van der Waals surface area (Å²) < 4.78 is 0. The van der Waals surface area contributed by atoms with Crippen molar-refractivity contribution in [3.05, 3.63) is 23.8 Å². The van der Waals surface area contributed by atoms with Gasteiger partial charge in [-0.2, -0.15) is 0 Å². The summed E-state index contributed by atoms with van der Waals surface area (Å²) in [4.78, 5) is 10.9. The van der Waals surface area contributed by atoms with Gasteiger partial charge in [0.25, 0.3) is 0 Å². The van der Waals surface area contributed by atoms with E-state index in [9.17, 15) is 4.79 Å². The average Bonchev–Trinajstić information content (AvgIpc) is 2.29. The van der Waals surface area contributed by atoms with E-state index >= 15 is 0 Å². The molecule has 1 aliphatic carbocycles. The first-order valence-electron chi connectivity index (χ1n) is 6.17. The predicted molar refractivity (Wildman–Crippen MR) is 64.8 cm³/mol. The van der Waals surface area contributed by atoms with Crippen LogP contribution in [0.1, 0.15) is 51.9 Å². The lowest BCUT2D eigenvalue weighted by Crippen LogP contribution is -2.01. The second kappa shape index (κ2) is 7.44. The molecule has 0 N–H and O–H groups in total. The number of rotatable bonds is 6. The number of carbonyl (C=O) groups is 1. The molecule has 15 heavy (non-hydrogen) atoms. The fraction of sp³-hybridized carbons (Fsp3) is 0.643. The van der Waals surface area contributed by atoms with Crippen LogP contribution >= 0.6 is 0 Å². The number of aldehydes is 1. The molecule has 1 atom stereocenters. The maximum Gasteiger partial charge on any atom is 0.145 e. The molecule has 0 saturated carbocycles. The van der Waals surface area contributed by atoms with Crippen molar-refractivity contribution in [2.24, 2.45) is 5.92 Å². The van der Waals surface area contributed by atoms with E-state index < -0.39 is 0 Å². The molecule has 1 nitrogen and oxygen atoms in total. The number of hydrogen-bond donors (Lipinski definition) is 0. The molecule has 1 unspecified atom stereocenters. The van der Waals surface area contributed by atoms with Gasteiger partial charge in [-0.1, -0.05) is 38.0 Å². The molecule has 0 amide bonds. The van der Waals surface area contributed by atoms with Crippen molar-refractivity contribution < 1.29 is 4.79 Å². The van der Waals surface area contributed by atoms with Crippen molar-refractivity contribution in [3.8, 4) is 0 Å². The number of carbonyl (C=O) groups excluding carboxylic acids is 1. The molecule has 0 spiro atoms. The summed E-state index contributed by atoms with van der Waals surface area (Å²) >= 11 is 0. The van der Waals surface area contributed by atoms with Crippen molar-refractivity contribution in [3.63, 3.8) is 0 Å². The second-order valence-electron chi connectivity index (χ2n) is 4.36. The minimum Gasteiger partial charge on any atom is -0.298 e. The highest BCUT2D eigenvalue weighted by Gasteiger charge is 2.07. The van der Waals surface area contributed by atoms with Gasteiger partial charge in [-0.25, -0.2) is 0 Å². The lowest BCUT2D eigenvalue weighted by Gasteiger charge is -2.14. The van der Waals surface area contributed by atoms with Crippen molar-refractivity contribution in [2.45, 2.75) is 51.9 Å². The van der Waals surface area contributed by atoms with Crippen LogP contribution < -0.4 is 0 Å². The van der Waals surface area contributed by atoms with Crippen LogP contribution in [0.2, 0.25) is 0 Å². The molecule has 0 aromatic heterocycles. The fourth-order valence-corrected chi connectivity index (χ4v) is 2.03. The van der Waals surface area contributed by atoms with Gasteiger partial charge >= 0.3 is 0 Å². The summed E-state index contributed by atoms with van der Waals surface area (Å²) in [6.45, 7) is 2.19. The molecular weight excluding hydrogens is 184 g/mol. The number of hydrogen-bond acceptors (Lipinski definition) is 1. The fourth-order valence-electron chi connectivity index (χ4n) is 2.03. The highest BCUT2D eigenvalue weighted by molar-refractivity contribution is 5.73. The van der Waals surface area contributed by atoms with Gasteiger partial charge in [0.15, 0.2) is 0 Å². The van der Waals surface area contributed by atoms with Gasteiger partial charge in [0.05, 0.1) is 0 Å². The van der Waals surface area contributed by atoms with Gasteiger partial charge in [-0.3, -0.25) is 4.79 Å². The molecule has 0 saturated heterocycles. The Morgan fingerprint density at radius 2 is 2.27 bits per heavy atom. The largest absolute Gasteiger partial charge is 0.298 e. The molecule has 0 aromatic rings. The zero-order chi connectivity index (χ0) is 10.9. The molecule has 1 rings (SSSR count). The summed E-state index contributed by atoms with van der Waals surface area (Å²) in [5.41, 5.74) is 1.02. The topological polar surface area (TPSA) is 17.1 Å². The number of unbranched alkanes of at least 4 members (excludes halogenated alkanes) is 2. The van der Waals surface area contributed by atoms with Crippen molar-refractivity contribution in [2.75, 3.05) is 0 Å². The average molecular weight is 206 g/mol. The molecule has 0 heterocycles. The molecule has 0 bridgehead atoms. The van der Waals surface area contributed by atoms with E-state index in [2.05, 4.69) is 25.2 Å². The molecule has 0 fully saturated rings. The summed E-state index contributed by atoms with van der Waals surface area (Å²) in [6, 6.07) is 0. The van der Waals surface area contributed by atoms with Gasteiger partial charge < -0.3 is 0 Å². The third-order valence-electron chi connectivity index (χ3n) is 2.98. The molecule has 1 heteroatoms.